The molecule has 3 heterocycles. The van der Waals surface area contributed by atoms with Crippen LogP contribution in [-0.4, -0.2) is 54.5 Å². The van der Waals surface area contributed by atoms with Gasteiger partial charge in [0.25, 0.3) is 0 Å². The molecule has 0 radical (unpaired) electrons. The summed E-state index contributed by atoms with van der Waals surface area (Å²) in [5.74, 6) is -0.163. The summed E-state index contributed by atoms with van der Waals surface area (Å²) < 4.78 is 33.8. The van der Waals surface area contributed by atoms with E-state index in [1.165, 1.54) is 15.2 Å². The van der Waals surface area contributed by atoms with Crippen LogP contribution in [-0.2, 0) is 23.0 Å². The van der Waals surface area contributed by atoms with E-state index in [0.29, 0.717) is 31.1 Å². The van der Waals surface area contributed by atoms with Crippen molar-refractivity contribution in [1.29, 1.82) is 0 Å². The van der Waals surface area contributed by atoms with Crippen molar-refractivity contribution in [3.63, 3.8) is 0 Å². The molecule has 1 saturated heterocycles. The highest BCUT2D eigenvalue weighted by Crippen LogP contribution is 2.37. The number of hydrogen-bond donors (Lipinski definition) is 1. The predicted octanol–water partition coefficient (Wildman–Crippen LogP) is 3.37. The van der Waals surface area contributed by atoms with Crippen molar-refractivity contribution in [3.05, 3.63) is 40.3 Å². The van der Waals surface area contributed by atoms with Gasteiger partial charge in [-0.1, -0.05) is 12.1 Å². The molecule has 29 heavy (non-hydrogen) atoms. The molecule has 2 aliphatic heterocycles. The SMILES string of the molecule is Cc1cccc(S(=O)(=O)N2CCc3sc(OC4CCN(C(C)C)C4)cc3C2)c1O. The number of thiophene rings is 1. The Labute approximate surface area is 176 Å². The first-order chi connectivity index (χ1) is 13.8. The van der Waals surface area contributed by atoms with Crippen LogP contribution in [0.2, 0.25) is 0 Å². The number of phenolic OH excluding ortho intramolecular Hbond substituents is 1. The summed E-state index contributed by atoms with van der Waals surface area (Å²) in [5.41, 5.74) is 1.56. The van der Waals surface area contributed by atoms with Gasteiger partial charge in [-0.3, -0.25) is 4.90 Å². The van der Waals surface area contributed by atoms with E-state index in [-0.39, 0.29) is 16.7 Å². The highest BCUT2D eigenvalue weighted by atomic mass is 32.2. The lowest BCUT2D eigenvalue weighted by Crippen LogP contribution is -2.35. The molecule has 1 aromatic carbocycles. The lowest BCUT2D eigenvalue weighted by Gasteiger charge is -2.26. The maximum Gasteiger partial charge on any atom is 0.247 e. The molecule has 2 aromatic rings. The molecule has 158 valence electrons. The fourth-order valence-corrected chi connectivity index (χ4v) is 6.66. The second-order valence-electron chi connectivity index (χ2n) is 8.14. The highest BCUT2D eigenvalue weighted by molar-refractivity contribution is 7.89. The van der Waals surface area contributed by atoms with Crippen LogP contribution in [0.25, 0.3) is 0 Å². The van der Waals surface area contributed by atoms with Crippen molar-refractivity contribution in [1.82, 2.24) is 9.21 Å². The molecule has 1 aromatic heterocycles. The Morgan fingerprint density at radius 3 is 2.79 bits per heavy atom. The Hall–Kier alpha value is -1.61. The molecule has 0 saturated carbocycles. The Balaban J connectivity index is 1.49. The van der Waals surface area contributed by atoms with Gasteiger partial charge in [-0.2, -0.15) is 4.31 Å². The van der Waals surface area contributed by atoms with Crippen molar-refractivity contribution >= 4 is 21.4 Å². The molecule has 0 aliphatic carbocycles. The normalized spacial score (nSPS) is 20.9. The molecule has 2 aliphatic rings. The second-order valence-corrected chi connectivity index (χ2v) is 11.1. The van der Waals surface area contributed by atoms with Crippen LogP contribution in [0.5, 0.6) is 10.8 Å². The molecule has 1 N–H and O–H groups in total. The Morgan fingerprint density at radius 1 is 1.28 bits per heavy atom. The standard InChI is InChI=1S/C21H28N2O4S2/c1-14(2)22-9-7-17(13-22)27-20-11-16-12-23(10-8-18(16)28-20)29(25,26)19-6-4-5-15(3)21(19)24/h4-6,11,14,17,24H,7-10,12-13H2,1-3H3. The van der Waals surface area contributed by atoms with Crippen LogP contribution in [0.1, 0.15) is 36.3 Å². The molecular weight excluding hydrogens is 408 g/mol. The van der Waals surface area contributed by atoms with Gasteiger partial charge in [0, 0.05) is 37.1 Å². The molecule has 1 unspecified atom stereocenters. The molecule has 1 atom stereocenters. The number of aromatic hydroxyl groups is 1. The third kappa shape index (κ3) is 4.03. The number of phenols is 1. The predicted molar refractivity (Wildman–Crippen MR) is 114 cm³/mol. The lowest BCUT2D eigenvalue weighted by molar-refractivity contribution is 0.192. The third-order valence-corrected chi connectivity index (χ3v) is 8.82. The van der Waals surface area contributed by atoms with E-state index in [1.807, 2.05) is 6.07 Å². The van der Waals surface area contributed by atoms with Crippen LogP contribution >= 0.6 is 11.3 Å². The second kappa shape index (κ2) is 7.91. The molecule has 1 fully saturated rings. The quantitative estimate of drug-likeness (QED) is 0.778. The molecule has 0 spiro atoms. The van der Waals surface area contributed by atoms with Gasteiger partial charge in [-0.15, -0.1) is 11.3 Å². The van der Waals surface area contributed by atoms with Crippen LogP contribution in [0.15, 0.2) is 29.2 Å². The van der Waals surface area contributed by atoms with Crippen molar-refractivity contribution in [3.8, 4) is 10.8 Å². The van der Waals surface area contributed by atoms with Crippen molar-refractivity contribution in [2.45, 2.75) is 57.2 Å². The number of hydrogen-bond acceptors (Lipinski definition) is 6. The highest BCUT2D eigenvalue weighted by Gasteiger charge is 2.32. The van der Waals surface area contributed by atoms with Gasteiger partial charge in [-0.05, 0) is 56.9 Å². The molecule has 0 amide bonds. The Bertz CT molecular complexity index is 1000. The molecule has 0 bridgehead atoms. The number of ether oxygens (including phenoxy) is 1. The topological polar surface area (TPSA) is 70.1 Å². The summed E-state index contributed by atoms with van der Waals surface area (Å²) in [5, 5.41) is 11.1. The molecule has 6 nitrogen and oxygen atoms in total. The van der Waals surface area contributed by atoms with Crippen molar-refractivity contribution in [2.24, 2.45) is 0 Å². The minimum atomic E-state index is -3.75. The first-order valence-corrected chi connectivity index (χ1v) is 12.3. The summed E-state index contributed by atoms with van der Waals surface area (Å²) in [6, 6.07) is 7.35. The summed E-state index contributed by atoms with van der Waals surface area (Å²) in [6.07, 6.45) is 1.88. The van der Waals surface area contributed by atoms with Gasteiger partial charge in [0.05, 0.1) is 0 Å². The summed E-state index contributed by atoms with van der Waals surface area (Å²) in [7, 11) is -3.75. The van der Waals surface area contributed by atoms with Crippen LogP contribution in [0, 0.1) is 6.92 Å². The average molecular weight is 437 g/mol. The third-order valence-electron chi connectivity index (χ3n) is 5.82. The van der Waals surface area contributed by atoms with Crippen LogP contribution in [0.4, 0.5) is 0 Å². The molecule has 8 heteroatoms. The minimum Gasteiger partial charge on any atom is -0.506 e. The maximum absolute atomic E-state index is 13.1. The van der Waals surface area contributed by atoms with E-state index in [4.69, 9.17) is 4.74 Å². The molecule has 4 rings (SSSR count). The van der Waals surface area contributed by atoms with Gasteiger partial charge in [-0.25, -0.2) is 8.42 Å². The number of para-hydroxylation sites is 1. The fraction of sp³-hybridized carbons (Fsp3) is 0.524. The van der Waals surface area contributed by atoms with E-state index in [2.05, 4.69) is 18.7 Å². The number of rotatable bonds is 5. The van der Waals surface area contributed by atoms with Crippen LogP contribution in [0.3, 0.4) is 0 Å². The van der Waals surface area contributed by atoms with Crippen molar-refractivity contribution < 1.29 is 18.3 Å². The first kappa shape index (κ1) is 20.7. The summed E-state index contributed by atoms with van der Waals surface area (Å²) in [4.78, 5) is 3.59. The molecular formula is C21H28N2O4S2. The fourth-order valence-electron chi connectivity index (χ4n) is 4.01. The number of sulfonamides is 1. The number of aryl methyl sites for hydroxylation is 1. The Kier molecular flexibility index (Phi) is 5.63. The van der Waals surface area contributed by atoms with E-state index < -0.39 is 10.0 Å². The summed E-state index contributed by atoms with van der Waals surface area (Å²) >= 11 is 1.63. The number of nitrogens with zero attached hydrogens (tertiary/aromatic N) is 2. The monoisotopic (exact) mass is 436 g/mol. The number of benzene rings is 1. The zero-order chi connectivity index (χ0) is 20.8. The van der Waals surface area contributed by atoms with Gasteiger partial charge in [0.15, 0.2) is 5.06 Å². The van der Waals surface area contributed by atoms with Crippen molar-refractivity contribution in [2.75, 3.05) is 19.6 Å². The Morgan fingerprint density at radius 2 is 2.07 bits per heavy atom. The number of likely N-dealkylation sites (tertiary alicyclic amines) is 1. The average Bonchev–Trinajstić information content (AvgIpc) is 3.29. The van der Waals surface area contributed by atoms with Gasteiger partial charge < -0.3 is 9.84 Å². The first-order valence-electron chi connectivity index (χ1n) is 10.1. The minimum absolute atomic E-state index is 0.0209. The largest absolute Gasteiger partial charge is 0.506 e. The smallest absolute Gasteiger partial charge is 0.247 e. The van der Waals surface area contributed by atoms with Crippen LogP contribution < -0.4 is 4.74 Å². The van der Waals surface area contributed by atoms with E-state index in [1.54, 1.807) is 30.4 Å². The zero-order valence-corrected chi connectivity index (χ0v) is 18.7. The lowest BCUT2D eigenvalue weighted by atomic mass is 10.1. The summed E-state index contributed by atoms with van der Waals surface area (Å²) in [6.45, 7) is 8.82. The number of fused-ring (bicyclic) bond motifs is 1. The maximum atomic E-state index is 13.1. The zero-order valence-electron chi connectivity index (χ0n) is 17.1. The van der Waals surface area contributed by atoms with Gasteiger partial charge in [0.1, 0.15) is 16.7 Å². The van der Waals surface area contributed by atoms with E-state index in [9.17, 15) is 13.5 Å². The van der Waals surface area contributed by atoms with Gasteiger partial charge in [0.2, 0.25) is 10.0 Å². The van der Waals surface area contributed by atoms with E-state index >= 15 is 0 Å². The van der Waals surface area contributed by atoms with Gasteiger partial charge >= 0.3 is 0 Å². The van der Waals surface area contributed by atoms with E-state index in [0.717, 1.165) is 30.1 Å².